The first-order chi connectivity index (χ1) is 12.5. The van der Waals surface area contributed by atoms with Crippen molar-refractivity contribution in [2.45, 2.75) is 26.3 Å². The molecule has 6 nitrogen and oxygen atoms in total. The first kappa shape index (κ1) is 21.3. The average Bonchev–Trinajstić information content (AvgIpc) is 3.24. The number of anilines is 1. The third-order valence-corrected chi connectivity index (χ3v) is 5.16. The second-order valence-corrected chi connectivity index (χ2v) is 7.86. The number of hydrogen-bond donors (Lipinski definition) is 0. The van der Waals surface area contributed by atoms with Gasteiger partial charge in [-0.2, -0.15) is 5.10 Å². The van der Waals surface area contributed by atoms with Gasteiger partial charge in [-0.25, -0.2) is 4.98 Å². The minimum Gasteiger partial charge on any atom is -0.309 e. The highest BCUT2D eigenvalue weighted by Gasteiger charge is 2.23. The van der Waals surface area contributed by atoms with Crippen molar-refractivity contribution in [1.29, 1.82) is 0 Å². The minimum atomic E-state index is -0.0952. The lowest BCUT2D eigenvalue weighted by Gasteiger charge is -2.20. The topological polar surface area (TPSA) is 54.3 Å². The molecule has 1 amide bonds. The summed E-state index contributed by atoms with van der Waals surface area (Å²) in [6.07, 6.45) is 2.73. The quantitative estimate of drug-likeness (QED) is 0.591. The fraction of sp³-hybridized carbons (Fsp3) is 0.421. The fourth-order valence-electron chi connectivity index (χ4n) is 2.68. The zero-order valence-corrected chi connectivity index (χ0v) is 17.8. The number of halogens is 1. The number of benzene rings is 1. The lowest BCUT2D eigenvalue weighted by atomic mass is 10.3. The molecule has 0 saturated heterocycles. The van der Waals surface area contributed by atoms with Crippen molar-refractivity contribution >= 4 is 45.0 Å². The first-order valence-electron chi connectivity index (χ1n) is 8.83. The summed E-state index contributed by atoms with van der Waals surface area (Å²) in [5.74, 6) is -0.0952. The van der Waals surface area contributed by atoms with Crippen LogP contribution in [0.25, 0.3) is 10.2 Å². The van der Waals surface area contributed by atoms with E-state index in [2.05, 4.69) is 15.0 Å². The van der Waals surface area contributed by atoms with Crippen LogP contribution in [0, 0.1) is 0 Å². The average molecular weight is 408 g/mol. The number of thiazole rings is 1. The van der Waals surface area contributed by atoms with Gasteiger partial charge < -0.3 is 4.90 Å². The molecular weight excluding hydrogens is 382 g/mol. The summed E-state index contributed by atoms with van der Waals surface area (Å²) in [5.41, 5.74) is 1.38. The summed E-state index contributed by atoms with van der Waals surface area (Å²) >= 11 is 1.55. The maximum atomic E-state index is 13.1. The zero-order chi connectivity index (χ0) is 18.7. The monoisotopic (exact) mass is 407 g/mol. The molecule has 1 aromatic carbocycles. The van der Waals surface area contributed by atoms with Crippen molar-refractivity contribution in [3.63, 3.8) is 0 Å². The predicted octanol–water partition coefficient (Wildman–Crippen LogP) is 4.09. The van der Waals surface area contributed by atoms with Crippen LogP contribution in [-0.4, -0.2) is 52.8 Å². The highest BCUT2D eigenvalue weighted by atomic mass is 35.5. The number of para-hydroxylation sites is 1. The maximum absolute atomic E-state index is 13.1. The Morgan fingerprint density at radius 2 is 1.93 bits per heavy atom. The second-order valence-electron chi connectivity index (χ2n) is 6.85. The van der Waals surface area contributed by atoms with Crippen LogP contribution in [-0.2, 0) is 0 Å². The van der Waals surface area contributed by atoms with Crippen molar-refractivity contribution < 1.29 is 4.79 Å². The number of amides is 1. The molecule has 0 bridgehead atoms. The summed E-state index contributed by atoms with van der Waals surface area (Å²) < 4.78 is 2.89. The number of carbonyl (C=O) groups excluding carboxylic acids is 1. The van der Waals surface area contributed by atoms with Crippen molar-refractivity contribution in [3.8, 4) is 0 Å². The van der Waals surface area contributed by atoms with Crippen LogP contribution in [0.15, 0.2) is 36.5 Å². The van der Waals surface area contributed by atoms with Crippen molar-refractivity contribution in [2.75, 3.05) is 32.1 Å². The molecule has 0 atom stereocenters. The molecule has 27 heavy (non-hydrogen) atoms. The first-order valence-corrected chi connectivity index (χ1v) is 9.64. The van der Waals surface area contributed by atoms with Gasteiger partial charge in [0.15, 0.2) is 10.8 Å². The molecule has 0 unspecified atom stereocenters. The van der Waals surface area contributed by atoms with Crippen LogP contribution in [0.5, 0.6) is 0 Å². The highest BCUT2D eigenvalue weighted by Crippen LogP contribution is 2.29. The molecule has 0 aliphatic rings. The van der Waals surface area contributed by atoms with E-state index in [9.17, 15) is 4.79 Å². The number of fused-ring (bicyclic) bond motifs is 1. The van der Waals surface area contributed by atoms with Crippen LogP contribution in [0.3, 0.4) is 0 Å². The van der Waals surface area contributed by atoms with Gasteiger partial charge in [-0.3, -0.25) is 14.4 Å². The summed E-state index contributed by atoms with van der Waals surface area (Å²) in [6.45, 7) is 5.62. The van der Waals surface area contributed by atoms with Gasteiger partial charge in [0.05, 0.1) is 10.2 Å². The third kappa shape index (κ3) is 5.06. The normalized spacial score (nSPS) is 11.2. The van der Waals surface area contributed by atoms with E-state index in [1.54, 1.807) is 22.3 Å². The minimum absolute atomic E-state index is 0. The molecule has 2 heterocycles. The van der Waals surface area contributed by atoms with Gasteiger partial charge in [0.25, 0.3) is 5.91 Å². The van der Waals surface area contributed by atoms with Gasteiger partial charge in [-0.05, 0) is 59.1 Å². The summed E-state index contributed by atoms with van der Waals surface area (Å²) in [5, 5.41) is 5.18. The van der Waals surface area contributed by atoms with Crippen LogP contribution in [0.1, 0.15) is 36.8 Å². The molecule has 0 fully saturated rings. The Balaban J connectivity index is 0.00000261. The standard InChI is InChI=1S/C19H25N5OS.ClH/c1-14(2)24-13-10-16(21-24)18(25)23(12-7-11-22(3)4)19-20-15-8-5-6-9-17(15)26-19;/h5-6,8-10,13-14H,7,11-12H2,1-4H3;1H. The lowest BCUT2D eigenvalue weighted by Crippen LogP contribution is -2.33. The van der Waals surface area contributed by atoms with E-state index in [0.717, 1.165) is 28.3 Å². The third-order valence-electron chi connectivity index (χ3n) is 4.10. The maximum Gasteiger partial charge on any atom is 0.280 e. The van der Waals surface area contributed by atoms with Gasteiger partial charge in [0.2, 0.25) is 0 Å². The Morgan fingerprint density at radius 1 is 1.19 bits per heavy atom. The number of nitrogens with zero attached hydrogens (tertiary/aromatic N) is 5. The fourth-order valence-corrected chi connectivity index (χ4v) is 3.67. The van der Waals surface area contributed by atoms with E-state index < -0.39 is 0 Å². The summed E-state index contributed by atoms with van der Waals surface area (Å²) in [6, 6.07) is 9.98. The van der Waals surface area contributed by atoms with Crippen molar-refractivity contribution in [1.82, 2.24) is 19.7 Å². The molecule has 0 spiro atoms. The van der Waals surface area contributed by atoms with Gasteiger partial charge in [0, 0.05) is 18.8 Å². The Bertz CT molecular complexity index is 856. The van der Waals surface area contributed by atoms with E-state index in [4.69, 9.17) is 0 Å². The number of aromatic nitrogens is 3. The van der Waals surface area contributed by atoms with Crippen LogP contribution < -0.4 is 4.90 Å². The van der Waals surface area contributed by atoms with Crippen LogP contribution in [0.4, 0.5) is 5.13 Å². The number of carbonyl (C=O) groups is 1. The van der Waals surface area contributed by atoms with E-state index in [1.165, 1.54) is 0 Å². The van der Waals surface area contributed by atoms with Crippen molar-refractivity contribution in [2.24, 2.45) is 0 Å². The lowest BCUT2D eigenvalue weighted by molar-refractivity contribution is 0.0980. The second kappa shape index (κ2) is 9.30. The van der Waals surface area contributed by atoms with Gasteiger partial charge in [0.1, 0.15) is 0 Å². The molecular formula is C19H26ClN5OS. The SMILES string of the molecule is CC(C)n1ccc(C(=O)N(CCCN(C)C)c2nc3ccccc3s2)n1.Cl. The van der Waals surface area contributed by atoms with Gasteiger partial charge >= 0.3 is 0 Å². The molecule has 0 radical (unpaired) electrons. The Morgan fingerprint density at radius 3 is 2.56 bits per heavy atom. The van der Waals surface area contributed by atoms with E-state index in [-0.39, 0.29) is 24.4 Å². The van der Waals surface area contributed by atoms with E-state index in [0.29, 0.717) is 12.2 Å². The van der Waals surface area contributed by atoms with Crippen LogP contribution >= 0.6 is 23.7 Å². The van der Waals surface area contributed by atoms with Gasteiger partial charge in [-0.15, -0.1) is 12.4 Å². The molecule has 3 rings (SSSR count). The molecule has 2 aromatic heterocycles. The zero-order valence-electron chi connectivity index (χ0n) is 16.1. The summed E-state index contributed by atoms with van der Waals surface area (Å²) in [7, 11) is 4.07. The van der Waals surface area contributed by atoms with Crippen molar-refractivity contribution in [3.05, 3.63) is 42.2 Å². The van der Waals surface area contributed by atoms with E-state index in [1.807, 2.05) is 63.1 Å². The molecule has 0 aliphatic heterocycles. The van der Waals surface area contributed by atoms with E-state index >= 15 is 0 Å². The highest BCUT2D eigenvalue weighted by molar-refractivity contribution is 7.22. The molecule has 3 aromatic rings. The number of rotatable bonds is 7. The predicted molar refractivity (Wildman–Crippen MR) is 114 cm³/mol. The Kier molecular flexibility index (Phi) is 7.35. The molecule has 0 N–H and O–H groups in total. The molecule has 8 heteroatoms. The molecule has 0 saturated carbocycles. The Hall–Kier alpha value is -1.96. The van der Waals surface area contributed by atoms with Crippen LogP contribution in [0.2, 0.25) is 0 Å². The number of hydrogen-bond acceptors (Lipinski definition) is 5. The smallest absolute Gasteiger partial charge is 0.280 e. The molecule has 0 aliphatic carbocycles. The largest absolute Gasteiger partial charge is 0.309 e. The van der Waals surface area contributed by atoms with Gasteiger partial charge in [-0.1, -0.05) is 23.5 Å². The molecule has 146 valence electrons. The summed E-state index contributed by atoms with van der Waals surface area (Å²) in [4.78, 5) is 21.7. The Labute approximate surface area is 170 Å².